The maximum absolute atomic E-state index is 2.34. The highest BCUT2D eigenvalue weighted by molar-refractivity contribution is 5.34. The molecule has 0 aromatic rings. The summed E-state index contributed by atoms with van der Waals surface area (Å²) in [5.41, 5.74) is 1.95. The lowest BCUT2D eigenvalue weighted by molar-refractivity contribution is 0.619. The van der Waals surface area contributed by atoms with Crippen molar-refractivity contribution in [3.63, 3.8) is 0 Å². The lowest BCUT2D eigenvalue weighted by Crippen LogP contribution is -1.78. The second kappa shape index (κ2) is 1.31. The molecule has 0 unspecified atom stereocenters. The average Bonchev–Trinajstić information content (AvgIpc) is 2.78. The molecule has 0 heteroatoms. The zero-order valence-corrected chi connectivity index (χ0v) is 6.82. The molecule has 0 nitrogen and oxygen atoms in total. The van der Waals surface area contributed by atoms with E-state index in [0.29, 0.717) is 0 Å². The molecule has 0 aromatic carbocycles. The fourth-order valence-corrected chi connectivity index (χ4v) is 3.64. The molecule has 3 rings (SSSR count). The van der Waals surface area contributed by atoms with E-state index >= 15 is 0 Å². The van der Waals surface area contributed by atoms with Gasteiger partial charge in [-0.05, 0) is 48.9 Å². The fourth-order valence-electron chi connectivity index (χ4n) is 3.64. The normalized spacial score (nSPS) is 42.3. The molecule has 0 heterocycles. The molecule has 3 aliphatic rings. The Balaban J connectivity index is 1.78. The summed E-state index contributed by atoms with van der Waals surface area (Å²) in [5, 5.41) is 0. The maximum atomic E-state index is 2.34. The van der Waals surface area contributed by atoms with Gasteiger partial charge in [0.25, 0.3) is 0 Å². The van der Waals surface area contributed by atoms with Gasteiger partial charge in [0.15, 0.2) is 0 Å². The molecular weight excluding hydrogens is 120 g/mol. The van der Waals surface area contributed by atoms with E-state index in [0.717, 1.165) is 10.8 Å². The zero-order valence-electron chi connectivity index (χ0n) is 6.82. The van der Waals surface area contributed by atoms with Crippen LogP contribution in [0.25, 0.3) is 0 Å². The molecule has 2 spiro atoms. The molecule has 56 valence electrons. The Bertz CT molecular complexity index is 154. The van der Waals surface area contributed by atoms with E-state index in [1.54, 1.807) is 32.1 Å². The van der Waals surface area contributed by atoms with Crippen molar-refractivity contribution in [2.24, 2.45) is 16.7 Å². The number of hydrogen-bond acceptors (Lipinski definition) is 0. The van der Waals surface area contributed by atoms with Gasteiger partial charge in [-0.1, -0.05) is 13.3 Å². The van der Waals surface area contributed by atoms with Crippen LogP contribution in [-0.4, -0.2) is 0 Å². The highest BCUT2D eigenvalue weighted by Gasteiger charge is 2.85. The molecule has 3 saturated carbocycles. The Hall–Kier alpha value is 0. The van der Waals surface area contributed by atoms with Gasteiger partial charge >= 0.3 is 0 Å². The Kier molecular flexibility index (Phi) is 0.735. The van der Waals surface area contributed by atoms with Gasteiger partial charge in [-0.2, -0.15) is 0 Å². The van der Waals surface area contributed by atoms with Gasteiger partial charge in [-0.3, -0.25) is 0 Å². The Morgan fingerprint density at radius 1 is 1.10 bits per heavy atom. The van der Waals surface area contributed by atoms with E-state index in [-0.39, 0.29) is 0 Å². The Morgan fingerprint density at radius 3 is 1.90 bits per heavy atom. The van der Waals surface area contributed by atoms with Gasteiger partial charge in [-0.15, -0.1) is 0 Å². The Morgan fingerprint density at radius 2 is 1.60 bits per heavy atom. The highest BCUT2D eigenvalue weighted by Crippen LogP contribution is 2.93. The minimum atomic E-state index is 0.975. The van der Waals surface area contributed by atoms with Crippen LogP contribution in [-0.2, 0) is 0 Å². The van der Waals surface area contributed by atoms with Crippen molar-refractivity contribution in [3.05, 3.63) is 0 Å². The van der Waals surface area contributed by atoms with Crippen LogP contribution in [0.3, 0.4) is 0 Å². The van der Waals surface area contributed by atoms with Crippen LogP contribution in [0.2, 0.25) is 0 Å². The topological polar surface area (TPSA) is 0 Å². The van der Waals surface area contributed by atoms with Crippen molar-refractivity contribution in [2.45, 2.75) is 45.4 Å². The average molecular weight is 136 g/mol. The van der Waals surface area contributed by atoms with E-state index in [1.807, 2.05) is 0 Å². The summed E-state index contributed by atoms with van der Waals surface area (Å²) in [6.07, 6.45) is 9.35. The van der Waals surface area contributed by atoms with Gasteiger partial charge in [0, 0.05) is 0 Å². The van der Waals surface area contributed by atoms with Crippen molar-refractivity contribution in [3.8, 4) is 0 Å². The summed E-state index contributed by atoms with van der Waals surface area (Å²) >= 11 is 0. The zero-order chi connectivity index (χ0) is 6.82. The standard InChI is InChI=1S/C10H16/c1-2-3-8-9(4-5-9)10(8)6-7-10/h8H,2-7H2,1H3. The quantitative estimate of drug-likeness (QED) is 0.547. The van der Waals surface area contributed by atoms with Gasteiger partial charge in [0.05, 0.1) is 0 Å². The SMILES string of the molecule is CCCC1C2(CC2)C12CC2. The van der Waals surface area contributed by atoms with Crippen LogP contribution in [0.4, 0.5) is 0 Å². The van der Waals surface area contributed by atoms with Crippen LogP contribution >= 0.6 is 0 Å². The van der Waals surface area contributed by atoms with E-state index in [1.165, 1.54) is 12.3 Å². The third-order valence-electron chi connectivity index (χ3n) is 4.40. The molecule has 0 aliphatic heterocycles. The first-order valence-electron chi connectivity index (χ1n) is 4.86. The minimum Gasteiger partial charge on any atom is -0.0654 e. The van der Waals surface area contributed by atoms with Gasteiger partial charge in [0.1, 0.15) is 0 Å². The molecule has 3 aliphatic carbocycles. The second-order valence-corrected chi connectivity index (χ2v) is 4.65. The number of rotatable bonds is 2. The molecule has 0 amide bonds. The van der Waals surface area contributed by atoms with Gasteiger partial charge < -0.3 is 0 Å². The van der Waals surface area contributed by atoms with Crippen molar-refractivity contribution in [1.29, 1.82) is 0 Å². The van der Waals surface area contributed by atoms with Crippen LogP contribution in [0.1, 0.15) is 45.4 Å². The highest BCUT2D eigenvalue weighted by atomic mass is 14.9. The number of fused-ring (bicyclic) bond motifs is 1. The summed E-state index contributed by atoms with van der Waals surface area (Å²) in [6, 6.07) is 0. The molecule has 0 aromatic heterocycles. The smallest absolute Gasteiger partial charge is 0.0204 e. The monoisotopic (exact) mass is 136 g/mol. The van der Waals surface area contributed by atoms with E-state index in [4.69, 9.17) is 0 Å². The third-order valence-corrected chi connectivity index (χ3v) is 4.40. The van der Waals surface area contributed by atoms with E-state index in [9.17, 15) is 0 Å². The molecule has 10 heavy (non-hydrogen) atoms. The molecule has 0 radical (unpaired) electrons. The third kappa shape index (κ3) is 0.383. The fraction of sp³-hybridized carbons (Fsp3) is 1.00. The van der Waals surface area contributed by atoms with Gasteiger partial charge in [-0.25, -0.2) is 0 Å². The van der Waals surface area contributed by atoms with Crippen molar-refractivity contribution in [2.75, 3.05) is 0 Å². The maximum Gasteiger partial charge on any atom is -0.0204 e. The van der Waals surface area contributed by atoms with Crippen molar-refractivity contribution >= 4 is 0 Å². The largest absolute Gasteiger partial charge is 0.0654 e. The van der Waals surface area contributed by atoms with Crippen LogP contribution in [0, 0.1) is 16.7 Å². The van der Waals surface area contributed by atoms with Gasteiger partial charge in [0.2, 0.25) is 0 Å². The molecule has 0 saturated heterocycles. The lowest BCUT2D eigenvalue weighted by Gasteiger charge is -1.89. The van der Waals surface area contributed by atoms with Crippen LogP contribution < -0.4 is 0 Å². The van der Waals surface area contributed by atoms with E-state index < -0.39 is 0 Å². The summed E-state index contributed by atoms with van der Waals surface area (Å²) in [5.74, 6) is 1.20. The summed E-state index contributed by atoms with van der Waals surface area (Å²) in [7, 11) is 0. The van der Waals surface area contributed by atoms with Crippen LogP contribution in [0.15, 0.2) is 0 Å². The predicted octanol–water partition coefficient (Wildman–Crippen LogP) is 2.98. The first-order valence-corrected chi connectivity index (χ1v) is 4.86. The Labute approximate surface area is 63.0 Å². The van der Waals surface area contributed by atoms with Crippen molar-refractivity contribution in [1.82, 2.24) is 0 Å². The minimum absolute atomic E-state index is 0.975. The summed E-state index contributed by atoms with van der Waals surface area (Å²) in [4.78, 5) is 0. The molecule has 3 fully saturated rings. The molecule has 0 atom stereocenters. The van der Waals surface area contributed by atoms with Crippen molar-refractivity contribution < 1.29 is 0 Å². The molecular formula is C10H16. The first kappa shape index (κ1) is 5.62. The first-order chi connectivity index (χ1) is 4.86. The van der Waals surface area contributed by atoms with Crippen LogP contribution in [0.5, 0.6) is 0 Å². The molecule has 0 bridgehead atoms. The predicted molar refractivity (Wildman–Crippen MR) is 41.7 cm³/mol. The second-order valence-electron chi connectivity index (χ2n) is 4.65. The lowest BCUT2D eigenvalue weighted by atomic mass is 10.2. The van der Waals surface area contributed by atoms with E-state index in [2.05, 4.69) is 6.92 Å². The molecule has 0 N–H and O–H groups in total. The number of hydrogen-bond donors (Lipinski definition) is 0. The summed E-state index contributed by atoms with van der Waals surface area (Å²) < 4.78 is 0. The summed E-state index contributed by atoms with van der Waals surface area (Å²) in [6.45, 7) is 2.34.